The lowest BCUT2D eigenvalue weighted by atomic mass is 10.1. The lowest BCUT2D eigenvalue weighted by Crippen LogP contribution is -2.07. The number of pyridine rings is 1. The Morgan fingerprint density at radius 2 is 2.16 bits per heavy atom. The van der Waals surface area contributed by atoms with Crippen LogP contribution in [0.3, 0.4) is 0 Å². The molecule has 0 radical (unpaired) electrons. The van der Waals surface area contributed by atoms with Crippen molar-refractivity contribution in [2.24, 2.45) is 5.73 Å². The summed E-state index contributed by atoms with van der Waals surface area (Å²) < 4.78 is 13.6. The molecule has 100 valence electrons. The van der Waals surface area contributed by atoms with Gasteiger partial charge in [0.2, 0.25) is 0 Å². The fraction of sp³-hybridized carbons (Fsp3) is 0.214. The number of nitrogens with two attached hydrogens (primary N) is 1. The third-order valence-corrected chi connectivity index (χ3v) is 4.22. The van der Waals surface area contributed by atoms with E-state index in [1.807, 2.05) is 6.92 Å². The molecule has 5 heteroatoms. The van der Waals surface area contributed by atoms with Crippen molar-refractivity contribution in [3.05, 3.63) is 52.4 Å². The molecule has 0 aliphatic rings. The average Bonchev–Trinajstić information content (AvgIpc) is 2.36. The molecular weight excluding hydrogens is 283 g/mol. The van der Waals surface area contributed by atoms with Crippen LogP contribution < -0.4 is 5.73 Å². The molecule has 1 heterocycles. The highest BCUT2D eigenvalue weighted by Crippen LogP contribution is 2.36. The topological polar surface area (TPSA) is 38.9 Å². The number of aromatic nitrogens is 1. The fourth-order valence-electron chi connectivity index (χ4n) is 1.67. The normalized spacial score (nSPS) is 12.5. The number of aryl methyl sites for hydroxylation is 1. The Labute approximate surface area is 121 Å². The molecule has 0 bridgehead atoms. The molecule has 0 spiro atoms. The van der Waals surface area contributed by atoms with Crippen LogP contribution in [0.25, 0.3) is 0 Å². The van der Waals surface area contributed by atoms with Gasteiger partial charge in [0.05, 0.1) is 5.02 Å². The second kappa shape index (κ2) is 5.90. The van der Waals surface area contributed by atoms with Crippen LogP contribution in [0.4, 0.5) is 4.39 Å². The van der Waals surface area contributed by atoms with Crippen molar-refractivity contribution in [3.63, 3.8) is 0 Å². The Kier molecular flexibility index (Phi) is 4.45. The predicted molar refractivity (Wildman–Crippen MR) is 77.1 cm³/mol. The van der Waals surface area contributed by atoms with Crippen LogP contribution in [0.1, 0.15) is 24.1 Å². The van der Waals surface area contributed by atoms with Gasteiger partial charge in [-0.05, 0) is 49.2 Å². The van der Waals surface area contributed by atoms with Crippen LogP contribution in [0, 0.1) is 12.7 Å². The van der Waals surface area contributed by atoms with E-state index in [1.54, 1.807) is 31.3 Å². The van der Waals surface area contributed by atoms with Gasteiger partial charge in [0.1, 0.15) is 10.8 Å². The highest BCUT2D eigenvalue weighted by Gasteiger charge is 2.13. The summed E-state index contributed by atoms with van der Waals surface area (Å²) in [5, 5.41) is 1.27. The highest BCUT2D eigenvalue weighted by molar-refractivity contribution is 7.99. The monoisotopic (exact) mass is 296 g/mol. The summed E-state index contributed by atoms with van der Waals surface area (Å²) in [6.07, 6.45) is 1.68. The van der Waals surface area contributed by atoms with Crippen LogP contribution in [0.2, 0.25) is 5.02 Å². The Bertz CT molecular complexity index is 602. The predicted octanol–water partition coefficient (Wildman–Crippen LogP) is 4.35. The Morgan fingerprint density at radius 1 is 1.42 bits per heavy atom. The second-order valence-corrected chi connectivity index (χ2v) is 5.76. The summed E-state index contributed by atoms with van der Waals surface area (Å²) in [5.74, 6) is -0.247. The van der Waals surface area contributed by atoms with Crippen molar-refractivity contribution >= 4 is 23.4 Å². The fourth-order valence-corrected chi connectivity index (χ4v) is 2.99. The van der Waals surface area contributed by atoms with E-state index in [0.717, 1.165) is 10.5 Å². The zero-order chi connectivity index (χ0) is 14.0. The first-order valence-corrected chi connectivity index (χ1v) is 7.02. The van der Waals surface area contributed by atoms with E-state index < -0.39 is 0 Å². The molecule has 0 aliphatic heterocycles. The molecule has 2 rings (SSSR count). The maximum Gasteiger partial charge on any atom is 0.126 e. The molecule has 2 aromatic rings. The van der Waals surface area contributed by atoms with E-state index in [1.165, 1.54) is 17.8 Å². The number of rotatable bonds is 3. The van der Waals surface area contributed by atoms with E-state index in [-0.39, 0.29) is 11.9 Å². The van der Waals surface area contributed by atoms with Crippen molar-refractivity contribution in [2.75, 3.05) is 0 Å². The zero-order valence-electron chi connectivity index (χ0n) is 10.7. The molecule has 0 fully saturated rings. The molecule has 0 aliphatic carbocycles. The molecule has 0 amide bonds. The van der Waals surface area contributed by atoms with Crippen LogP contribution in [0.15, 0.2) is 40.4 Å². The summed E-state index contributed by atoms with van der Waals surface area (Å²) in [5.41, 5.74) is 7.23. The third-order valence-electron chi connectivity index (χ3n) is 2.71. The van der Waals surface area contributed by atoms with E-state index >= 15 is 0 Å². The minimum atomic E-state index is -0.250. The maximum atomic E-state index is 13.6. The lowest BCUT2D eigenvalue weighted by Gasteiger charge is -2.14. The van der Waals surface area contributed by atoms with Crippen LogP contribution in [0.5, 0.6) is 0 Å². The molecular formula is C14H14ClFN2S. The van der Waals surface area contributed by atoms with Gasteiger partial charge in [-0.3, -0.25) is 0 Å². The molecule has 0 saturated heterocycles. The summed E-state index contributed by atoms with van der Waals surface area (Å²) >= 11 is 7.49. The summed E-state index contributed by atoms with van der Waals surface area (Å²) in [7, 11) is 0. The Balaban J connectivity index is 2.45. The van der Waals surface area contributed by atoms with Gasteiger partial charge in [0.15, 0.2) is 0 Å². The number of benzene rings is 1. The molecule has 19 heavy (non-hydrogen) atoms. The summed E-state index contributed by atoms with van der Waals surface area (Å²) in [4.78, 5) is 5.11. The first kappa shape index (κ1) is 14.3. The van der Waals surface area contributed by atoms with Gasteiger partial charge < -0.3 is 5.73 Å². The van der Waals surface area contributed by atoms with Crippen LogP contribution in [-0.2, 0) is 0 Å². The molecule has 2 nitrogen and oxygen atoms in total. The molecule has 1 atom stereocenters. The number of nitrogens with zero attached hydrogens (tertiary/aromatic N) is 1. The summed E-state index contributed by atoms with van der Waals surface area (Å²) in [6.45, 7) is 3.55. The zero-order valence-corrected chi connectivity index (χ0v) is 12.2. The number of halogens is 2. The van der Waals surface area contributed by atoms with E-state index in [2.05, 4.69) is 4.98 Å². The van der Waals surface area contributed by atoms with E-state index in [9.17, 15) is 4.39 Å². The van der Waals surface area contributed by atoms with Gasteiger partial charge in [0.25, 0.3) is 0 Å². The van der Waals surface area contributed by atoms with Gasteiger partial charge in [-0.2, -0.15) is 0 Å². The van der Waals surface area contributed by atoms with Gasteiger partial charge in [-0.1, -0.05) is 23.4 Å². The molecule has 1 aromatic heterocycles. The first-order valence-electron chi connectivity index (χ1n) is 5.83. The van der Waals surface area contributed by atoms with Gasteiger partial charge in [0, 0.05) is 17.1 Å². The SMILES string of the molecule is Cc1cc(Sc2ncccc2Cl)c([C@@H](C)N)cc1F. The van der Waals surface area contributed by atoms with Crippen LogP contribution >= 0.6 is 23.4 Å². The Hall–Kier alpha value is -1.10. The molecule has 0 saturated carbocycles. The highest BCUT2D eigenvalue weighted by atomic mass is 35.5. The van der Waals surface area contributed by atoms with Gasteiger partial charge in [-0.15, -0.1) is 0 Å². The lowest BCUT2D eigenvalue weighted by molar-refractivity contribution is 0.610. The Morgan fingerprint density at radius 3 is 2.79 bits per heavy atom. The van der Waals surface area contributed by atoms with Crippen molar-refractivity contribution in [3.8, 4) is 0 Å². The van der Waals surface area contributed by atoms with Crippen molar-refractivity contribution in [1.82, 2.24) is 4.98 Å². The smallest absolute Gasteiger partial charge is 0.126 e. The average molecular weight is 297 g/mol. The maximum absolute atomic E-state index is 13.6. The van der Waals surface area contributed by atoms with Gasteiger partial charge >= 0.3 is 0 Å². The van der Waals surface area contributed by atoms with Crippen molar-refractivity contribution in [2.45, 2.75) is 29.8 Å². The van der Waals surface area contributed by atoms with E-state index in [4.69, 9.17) is 17.3 Å². The third kappa shape index (κ3) is 3.26. The first-order chi connectivity index (χ1) is 8.99. The standard InChI is InChI=1S/C14H14ClFN2S/c1-8-6-13(10(9(2)17)7-12(8)16)19-14-11(15)4-3-5-18-14/h3-7,9H,17H2,1-2H3/t9-/m1/s1. The van der Waals surface area contributed by atoms with Crippen molar-refractivity contribution in [1.29, 1.82) is 0 Å². The molecule has 2 N–H and O–H groups in total. The van der Waals surface area contributed by atoms with Crippen molar-refractivity contribution < 1.29 is 4.39 Å². The van der Waals surface area contributed by atoms with Crippen LogP contribution in [-0.4, -0.2) is 4.98 Å². The summed E-state index contributed by atoms with van der Waals surface area (Å²) in [6, 6.07) is 6.57. The quantitative estimate of drug-likeness (QED) is 0.915. The second-order valence-electron chi connectivity index (χ2n) is 4.32. The van der Waals surface area contributed by atoms with Gasteiger partial charge in [-0.25, -0.2) is 9.37 Å². The molecule has 0 unspecified atom stereocenters. The number of hydrogen-bond donors (Lipinski definition) is 1. The van der Waals surface area contributed by atoms with E-state index in [0.29, 0.717) is 15.6 Å². The minimum Gasteiger partial charge on any atom is -0.324 e. The minimum absolute atomic E-state index is 0.247. The number of hydrogen-bond acceptors (Lipinski definition) is 3. The largest absolute Gasteiger partial charge is 0.324 e. The molecule has 1 aromatic carbocycles.